The number of alkyl halides is 3. The Kier molecular flexibility index (Phi) is 4.71. The second-order valence-corrected chi connectivity index (χ2v) is 7.00. The van der Waals surface area contributed by atoms with Gasteiger partial charge in [0.2, 0.25) is 0 Å². The van der Waals surface area contributed by atoms with Crippen molar-refractivity contribution in [2.24, 2.45) is 0 Å². The van der Waals surface area contributed by atoms with Gasteiger partial charge in [-0.05, 0) is 42.3 Å². The van der Waals surface area contributed by atoms with Gasteiger partial charge in [0.25, 0.3) is 5.91 Å². The van der Waals surface area contributed by atoms with E-state index in [1.165, 1.54) is 12.1 Å². The van der Waals surface area contributed by atoms with Gasteiger partial charge < -0.3 is 19.5 Å². The maximum Gasteiger partial charge on any atom is 0.573 e. The maximum atomic E-state index is 13.1. The number of amides is 3. The molecule has 2 aromatic rings. The Morgan fingerprint density at radius 1 is 1.07 bits per heavy atom. The van der Waals surface area contributed by atoms with Crippen LogP contribution in [0.15, 0.2) is 42.5 Å². The molecular weight excluding hydrogens is 405 g/mol. The minimum Gasteiger partial charge on any atom is -0.486 e. The average Bonchev–Trinajstić information content (AvgIpc) is 2.92. The summed E-state index contributed by atoms with van der Waals surface area (Å²) in [5.41, 5.74) is -0.312. The molecule has 10 heteroatoms. The van der Waals surface area contributed by atoms with Crippen LogP contribution >= 0.6 is 0 Å². The van der Waals surface area contributed by atoms with E-state index >= 15 is 0 Å². The van der Waals surface area contributed by atoms with Crippen molar-refractivity contribution in [1.82, 2.24) is 10.2 Å². The summed E-state index contributed by atoms with van der Waals surface area (Å²) < 4.78 is 51.7. The molecule has 0 aromatic heterocycles. The summed E-state index contributed by atoms with van der Waals surface area (Å²) in [5.74, 6) is 0.175. The molecule has 2 aliphatic heterocycles. The number of halogens is 3. The number of nitrogens with one attached hydrogen (secondary N) is 1. The molecule has 3 amide bonds. The Labute approximate surface area is 169 Å². The zero-order chi connectivity index (χ0) is 21.5. The van der Waals surface area contributed by atoms with Gasteiger partial charge in [-0.25, -0.2) is 4.79 Å². The summed E-state index contributed by atoms with van der Waals surface area (Å²) in [4.78, 5) is 26.6. The first-order valence-electron chi connectivity index (χ1n) is 9.05. The van der Waals surface area contributed by atoms with Crippen LogP contribution in [0.1, 0.15) is 18.1 Å². The van der Waals surface area contributed by atoms with Crippen LogP contribution in [0.5, 0.6) is 17.2 Å². The van der Waals surface area contributed by atoms with Gasteiger partial charge in [-0.15, -0.1) is 13.2 Å². The van der Waals surface area contributed by atoms with Crippen molar-refractivity contribution in [1.29, 1.82) is 0 Å². The van der Waals surface area contributed by atoms with Crippen molar-refractivity contribution >= 4 is 11.9 Å². The number of hydrogen-bond donors (Lipinski definition) is 1. The van der Waals surface area contributed by atoms with Crippen molar-refractivity contribution in [3.8, 4) is 17.2 Å². The summed E-state index contributed by atoms with van der Waals surface area (Å²) in [5, 5.41) is 2.68. The van der Waals surface area contributed by atoms with Crippen LogP contribution in [-0.4, -0.2) is 36.4 Å². The van der Waals surface area contributed by atoms with E-state index in [0.29, 0.717) is 35.8 Å². The molecule has 4 rings (SSSR count). The van der Waals surface area contributed by atoms with Crippen molar-refractivity contribution in [3.63, 3.8) is 0 Å². The molecule has 1 fully saturated rings. The zero-order valence-electron chi connectivity index (χ0n) is 15.8. The predicted molar refractivity (Wildman–Crippen MR) is 97.0 cm³/mol. The third-order valence-corrected chi connectivity index (χ3v) is 4.89. The van der Waals surface area contributed by atoms with Crippen molar-refractivity contribution in [2.45, 2.75) is 25.4 Å². The Hall–Kier alpha value is -3.43. The van der Waals surface area contributed by atoms with Gasteiger partial charge in [0.05, 0.1) is 6.54 Å². The van der Waals surface area contributed by atoms with Crippen LogP contribution in [0, 0.1) is 0 Å². The van der Waals surface area contributed by atoms with Gasteiger partial charge >= 0.3 is 12.4 Å². The minimum absolute atomic E-state index is 0.100. The van der Waals surface area contributed by atoms with Crippen LogP contribution in [-0.2, 0) is 16.9 Å². The van der Waals surface area contributed by atoms with Crippen LogP contribution in [0.2, 0.25) is 0 Å². The van der Waals surface area contributed by atoms with Gasteiger partial charge in [-0.3, -0.25) is 9.69 Å². The third kappa shape index (κ3) is 3.72. The highest BCUT2D eigenvalue weighted by Gasteiger charge is 2.49. The van der Waals surface area contributed by atoms with Crippen molar-refractivity contribution in [3.05, 3.63) is 53.6 Å². The summed E-state index contributed by atoms with van der Waals surface area (Å²) in [6.07, 6.45) is -4.79. The first kappa shape index (κ1) is 19.9. The number of imide groups is 1. The highest BCUT2D eigenvalue weighted by Crippen LogP contribution is 2.37. The molecule has 0 saturated carbocycles. The molecule has 1 saturated heterocycles. The number of carbonyl (C=O) groups excluding carboxylic acids is 2. The fourth-order valence-electron chi connectivity index (χ4n) is 3.37. The molecule has 1 atom stereocenters. The topological polar surface area (TPSA) is 77.1 Å². The van der Waals surface area contributed by atoms with Crippen LogP contribution in [0.25, 0.3) is 0 Å². The lowest BCUT2D eigenvalue weighted by Gasteiger charge is -2.25. The van der Waals surface area contributed by atoms with Gasteiger partial charge in [-0.1, -0.05) is 18.2 Å². The number of nitrogens with zero attached hydrogens (tertiary/aromatic N) is 1. The number of fused-ring (bicyclic) bond motifs is 1. The van der Waals surface area contributed by atoms with E-state index in [0.717, 1.165) is 17.0 Å². The zero-order valence-corrected chi connectivity index (χ0v) is 15.8. The Bertz CT molecular complexity index is 993. The standard InChI is InChI=1S/C20H17F3N2O5/c1-19(13-4-7-15-16(10-13)29-9-8-28-15)17(26)25(18(27)24-19)11-12-2-5-14(6-3-12)30-20(21,22)23/h2-7,10H,8-9,11H2,1H3,(H,24,27). The summed E-state index contributed by atoms with van der Waals surface area (Å²) in [7, 11) is 0. The van der Waals surface area contributed by atoms with Gasteiger partial charge in [-0.2, -0.15) is 0 Å². The lowest BCUT2D eigenvalue weighted by atomic mass is 9.91. The number of ether oxygens (including phenoxy) is 3. The van der Waals surface area contributed by atoms with E-state index in [-0.39, 0.29) is 12.3 Å². The van der Waals surface area contributed by atoms with E-state index in [1.54, 1.807) is 25.1 Å². The summed E-state index contributed by atoms with van der Waals surface area (Å²) in [6.45, 7) is 2.30. The molecule has 7 nitrogen and oxygen atoms in total. The maximum absolute atomic E-state index is 13.1. The van der Waals surface area contributed by atoms with Gasteiger partial charge in [0.1, 0.15) is 24.5 Å². The molecule has 1 N–H and O–H groups in total. The fraction of sp³-hybridized carbons (Fsp3) is 0.300. The highest BCUT2D eigenvalue weighted by atomic mass is 19.4. The van der Waals surface area contributed by atoms with E-state index in [2.05, 4.69) is 10.1 Å². The number of urea groups is 1. The van der Waals surface area contributed by atoms with Gasteiger partial charge in [0, 0.05) is 0 Å². The second-order valence-electron chi connectivity index (χ2n) is 7.00. The molecule has 158 valence electrons. The van der Waals surface area contributed by atoms with Crippen LogP contribution < -0.4 is 19.5 Å². The van der Waals surface area contributed by atoms with E-state index in [9.17, 15) is 22.8 Å². The molecule has 1 unspecified atom stereocenters. The Morgan fingerprint density at radius 2 is 1.73 bits per heavy atom. The molecule has 2 heterocycles. The first-order chi connectivity index (χ1) is 14.2. The molecular formula is C20H17F3N2O5. The Balaban J connectivity index is 1.52. The molecule has 0 radical (unpaired) electrons. The first-order valence-corrected chi connectivity index (χ1v) is 9.05. The largest absolute Gasteiger partial charge is 0.573 e. The molecule has 2 aromatic carbocycles. The SMILES string of the molecule is CC1(c2ccc3c(c2)OCCO3)NC(=O)N(Cc2ccc(OC(F)(F)F)cc2)C1=O. The molecule has 0 bridgehead atoms. The van der Waals surface area contributed by atoms with E-state index in [4.69, 9.17) is 9.47 Å². The molecule has 30 heavy (non-hydrogen) atoms. The second kappa shape index (κ2) is 7.12. The molecule has 0 spiro atoms. The number of rotatable bonds is 4. The minimum atomic E-state index is -4.79. The number of carbonyl (C=O) groups is 2. The van der Waals surface area contributed by atoms with E-state index < -0.39 is 23.8 Å². The average molecular weight is 422 g/mol. The monoisotopic (exact) mass is 422 g/mol. The van der Waals surface area contributed by atoms with Crippen molar-refractivity contribution in [2.75, 3.05) is 13.2 Å². The van der Waals surface area contributed by atoms with Crippen LogP contribution in [0.4, 0.5) is 18.0 Å². The number of hydrogen-bond acceptors (Lipinski definition) is 5. The Morgan fingerprint density at radius 3 is 2.40 bits per heavy atom. The quantitative estimate of drug-likeness (QED) is 0.765. The van der Waals surface area contributed by atoms with E-state index in [1.807, 2.05) is 0 Å². The lowest BCUT2D eigenvalue weighted by molar-refractivity contribution is -0.274. The smallest absolute Gasteiger partial charge is 0.486 e. The van der Waals surface area contributed by atoms with Crippen molar-refractivity contribution < 1.29 is 37.0 Å². The summed E-state index contributed by atoms with van der Waals surface area (Å²) >= 11 is 0. The normalized spacial score (nSPS) is 20.9. The van der Waals surface area contributed by atoms with Crippen LogP contribution in [0.3, 0.4) is 0 Å². The molecule has 0 aliphatic carbocycles. The molecule has 2 aliphatic rings. The van der Waals surface area contributed by atoms with Gasteiger partial charge in [0.15, 0.2) is 11.5 Å². The summed E-state index contributed by atoms with van der Waals surface area (Å²) in [6, 6.07) is 9.38. The third-order valence-electron chi connectivity index (χ3n) is 4.89. The lowest BCUT2D eigenvalue weighted by Crippen LogP contribution is -2.41. The fourth-order valence-corrected chi connectivity index (χ4v) is 3.37. The number of benzene rings is 2. The predicted octanol–water partition coefficient (Wildman–Crippen LogP) is 3.32. The highest BCUT2D eigenvalue weighted by molar-refractivity contribution is 6.07.